The Morgan fingerprint density at radius 1 is 1.04 bits per heavy atom. The molecule has 3 N–H and O–H groups in total. The number of benzene rings is 1. The van der Waals surface area contributed by atoms with Gasteiger partial charge in [-0.3, -0.25) is 9.59 Å². The summed E-state index contributed by atoms with van der Waals surface area (Å²) < 4.78 is 32.0. The summed E-state index contributed by atoms with van der Waals surface area (Å²) in [5, 5.41) is 5.11. The van der Waals surface area contributed by atoms with Gasteiger partial charge in [0.2, 0.25) is 27.7 Å². The third kappa shape index (κ3) is 5.76. The Hall–Kier alpha value is -2.98. The Balaban J connectivity index is 2.02. The predicted molar refractivity (Wildman–Crippen MR) is 99.9 cm³/mol. The number of ether oxygens (including phenoxy) is 1. The molecule has 0 aliphatic heterocycles. The van der Waals surface area contributed by atoms with Gasteiger partial charge in [-0.2, -0.15) is 4.72 Å². The summed E-state index contributed by atoms with van der Waals surface area (Å²) in [5.74, 6) is -0.410. The standard InChI is InChI=1S/C17H20N4O5S/c1-11(17(23)20-14-6-9-16(26-3)18-10-14)21-27(24,25)15-7-4-13(5-8-15)19-12(2)22/h4-11,21H,1-3H3,(H,19,22)(H,20,23). The Morgan fingerprint density at radius 3 is 2.19 bits per heavy atom. The molecule has 2 aromatic rings. The first-order chi connectivity index (χ1) is 12.7. The van der Waals surface area contributed by atoms with E-state index in [2.05, 4.69) is 20.3 Å². The summed E-state index contributed by atoms with van der Waals surface area (Å²) in [5.41, 5.74) is 0.880. The van der Waals surface area contributed by atoms with E-state index in [1.807, 2.05) is 0 Å². The predicted octanol–water partition coefficient (Wildman–Crippen LogP) is 1.35. The van der Waals surface area contributed by atoms with Crippen LogP contribution in [0.4, 0.5) is 11.4 Å². The van der Waals surface area contributed by atoms with Crippen LogP contribution in [0.5, 0.6) is 5.88 Å². The minimum Gasteiger partial charge on any atom is -0.481 e. The third-order valence-electron chi connectivity index (χ3n) is 3.42. The number of aromatic nitrogens is 1. The van der Waals surface area contributed by atoms with Crippen LogP contribution in [0.3, 0.4) is 0 Å². The number of amides is 2. The minimum atomic E-state index is -3.91. The van der Waals surface area contributed by atoms with Crippen molar-refractivity contribution in [3.05, 3.63) is 42.6 Å². The molecule has 0 spiro atoms. The summed E-state index contributed by atoms with van der Waals surface area (Å²) in [7, 11) is -2.44. The molecule has 27 heavy (non-hydrogen) atoms. The molecule has 0 aliphatic rings. The van der Waals surface area contributed by atoms with Crippen molar-refractivity contribution in [2.75, 3.05) is 17.7 Å². The molecule has 1 heterocycles. The molecule has 9 nitrogen and oxygen atoms in total. The first-order valence-electron chi connectivity index (χ1n) is 7.92. The second kappa shape index (κ2) is 8.60. The van der Waals surface area contributed by atoms with Gasteiger partial charge >= 0.3 is 0 Å². The number of nitrogens with one attached hydrogen (secondary N) is 3. The maximum absolute atomic E-state index is 12.4. The second-order valence-electron chi connectivity index (χ2n) is 5.63. The first-order valence-corrected chi connectivity index (χ1v) is 9.40. The van der Waals surface area contributed by atoms with Crippen molar-refractivity contribution in [3.8, 4) is 5.88 Å². The van der Waals surface area contributed by atoms with Crippen LogP contribution in [-0.2, 0) is 19.6 Å². The van der Waals surface area contributed by atoms with Gasteiger partial charge in [0.05, 0.1) is 29.9 Å². The van der Waals surface area contributed by atoms with Crippen molar-refractivity contribution in [1.82, 2.24) is 9.71 Å². The molecule has 0 bridgehead atoms. The van der Waals surface area contributed by atoms with Crippen molar-refractivity contribution in [2.24, 2.45) is 0 Å². The van der Waals surface area contributed by atoms with Crippen LogP contribution in [0.2, 0.25) is 0 Å². The molecule has 0 radical (unpaired) electrons. The van der Waals surface area contributed by atoms with E-state index in [4.69, 9.17) is 4.74 Å². The zero-order chi connectivity index (χ0) is 20.0. The molecule has 0 aliphatic carbocycles. The van der Waals surface area contributed by atoms with Gasteiger partial charge in [0.15, 0.2) is 0 Å². The van der Waals surface area contributed by atoms with Crippen molar-refractivity contribution < 1.29 is 22.7 Å². The van der Waals surface area contributed by atoms with Crippen molar-refractivity contribution >= 4 is 33.2 Å². The highest BCUT2D eigenvalue weighted by atomic mass is 32.2. The van der Waals surface area contributed by atoms with Gasteiger partial charge in [0.25, 0.3) is 0 Å². The molecule has 1 aromatic carbocycles. The van der Waals surface area contributed by atoms with E-state index < -0.39 is 22.0 Å². The Bertz CT molecular complexity index is 911. The monoisotopic (exact) mass is 392 g/mol. The number of carbonyl (C=O) groups excluding carboxylic acids is 2. The quantitative estimate of drug-likeness (QED) is 0.653. The van der Waals surface area contributed by atoms with Gasteiger partial charge in [0.1, 0.15) is 0 Å². The van der Waals surface area contributed by atoms with Crippen molar-refractivity contribution in [1.29, 1.82) is 0 Å². The van der Waals surface area contributed by atoms with Gasteiger partial charge in [0, 0.05) is 18.7 Å². The molecule has 1 atom stereocenters. The number of sulfonamides is 1. The van der Waals surface area contributed by atoms with E-state index >= 15 is 0 Å². The second-order valence-corrected chi connectivity index (χ2v) is 7.34. The number of hydrogen-bond acceptors (Lipinski definition) is 6. The molecular weight excluding hydrogens is 372 g/mol. The molecule has 1 aromatic heterocycles. The summed E-state index contributed by atoms with van der Waals surface area (Å²) in [6.07, 6.45) is 1.40. The maximum Gasteiger partial charge on any atom is 0.242 e. The van der Waals surface area contributed by atoms with Gasteiger partial charge in [-0.15, -0.1) is 0 Å². The minimum absolute atomic E-state index is 0.0256. The number of nitrogens with zero attached hydrogens (tertiary/aromatic N) is 1. The fourth-order valence-electron chi connectivity index (χ4n) is 2.10. The van der Waals surface area contributed by atoms with Crippen LogP contribution in [0, 0.1) is 0 Å². The van der Waals surface area contributed by atoms with Crippen LogP contribution in [0.25, 0.3) is 0 Å². The van der Waals surface area contributed by atoms with E-state index in [1.54, 1.807) is 12.1 Å². The van der Waals surface area contributed by atoms with Gasteiger partial charge < -0.3 is 15.4 Å². The molecule has 0 fully saturated rings. The zero-order valence-corrected chi connectivity index (χ0v) is 15.8. The van der Waals surface area contributed by atoms with E-state index in [-0.39, 0.29) is 10.8 Å². The lowest BCUT2D eigenvalue weighted by Crippen LogP contribution is -2.41. The topological polar surface area (TPSA) is 126 Å². The number of pyridine rings is 1. The SMILES string of the molecule is COc1ccc(NC(=O)C(C)NS(=O)(=O)c2ccc(NC(C)=O)cc2)cn1. The zero-order valence-electron chi connectivity index (χ0n) is 15.0. The number of rotatable bonds is 7. The van der Waals surface area contributed by atoms with Crippen molar-refractivity contribution in [3.63, 3.8) is 0 Å². The van der Waals surface area contributed by atoms with E-state index in [0.29, 0.717) is 17.3 Å². The van der Waals surface area contributed by atoms with E-state index in [0.717, 1.165) is 0 Å². The van der Waals surface area contributed by atoms with Gasteiger partial charge in [-0.25, -0.2) is 13.4 Å². The maximum atomic E-state index is 12.4. The summed E-state index contributed by atoms with van der Waals surface area (Å²) in [4.78, 5) is 27.1. The number of hydrogen-bond donors (Lipinski definition) is 3. The van der Waals surface area contributed by atoms with E-state index in [1.165, 1.54) is 51.4 Å². The van der Waals surface area contributed by atoms with Crippen LogP contribution < -0.4 is 20.1 Å². The lowest BCUT2D eigenvalue weighted by atomic mass is 10.3. The summed E-state index contributed by atoms with van der Waals surface area (Å²) in [6, 6.07) is 7.74. The van der Waals surface area contributed by atoms with E-state index in [9.17, 15) is 18.0 Å². The molecule has 2 amide bonds. The molecule has 144 valence electrons. The third-order valence-corrected chi connectivity index (χ3v) is 4.98. The first kappa shape index (κ1) is 20.3. The Kier molecular flexibility index (Phi) is 6.48. The molecule has 2 rings (SSSR count). The molecular formula is C17H20N4O5S. The molecule has 10 heteroatoms. The summed E-state index contributed by atoms with van der Waals surface area (Å²) in [6.45, 7) is 2.78. The lowest BCUT2D eigenvalue weighted by Gasteiger charge is -2.15. The van der Waals surface area contributed by atoms with Crippen LogP contribution in [0.15, 0.2) is 47.5 Å². The van der Waals surface area contributed by atoms with Crippen LogP contribution >= 0.6 is 0 Å². The lowest BCUT2D eigenvalue weighted by molar-refractivity contribution is -0.117. The fraction of sp³-hybridized carbons (Fsp3) is 0.235. The number of carbonyl (C=O) groups is 2. The van der Waals surface area contributed by atoms with Crippen LogP contribution in [-0.4, -0.2) is 38.4 Å². The summed E-state index contributed by atoms with van der Waals surface area (Å²) >= 11 is 0. The Morgan fingerprint density at radius 2 is 1.67 bits per heavy atom. The van der Waals surface area contributed by atoms with Crippen molar-refractivity contribution in [2.45, 2.75) is 24.8 Å². The van der Waals surface area contributed by atoms with Crippen LogP contribution in [0.1, 0.15) is 13.8 Å². The highest BCUT2D eigenvalue weighted by molar-refractivity contribution is 7.89. The highest BCUT2D eigenvalue weighted by Crippen LogP contribution is 2.15. The fourth-order valence-corrected chi connectivity index (χ4v) is 3.30. The normalized spacial score (nSPS) is 12.1. The average Bonchev–Trinajstić information content (AvgIpc) is 2.62. The molecule has 0 saturated heterocycles. The average molecular weight is 392 g/mol. The number of methoxy groups -OCH3 is 1. The molecule has 0 saturated carbocycles. The van der Waals surface area contributed by atoms with Gasteiger partial charge in [-0.1, -0.05) is 0 Å². The largest absolute Gasteiger partial charge is 0.481 e. The molecule has 1 unspecified atom stereocenters. The smallest absolute Gasteiger partial charge is 0.242 e. The number of anilines is 2. The van der Waals surface area contributed by atoms with Gasteiger partial charge in [-0.05, 0) is 37.3 Å². The highest BCUT2D eigenvalue weighted by Gasteiger charge is 2.22. The Labute approximate surface area is 157 Å².